The first kappa shape index (κ1) is 19.9. The summed E-state index contributed by atoms with van der Waals surface area (Å²) in [5.41, 5.74) is 1.30. The van der Waals surface area contributed by atoms with E-state index in [2.05, 4.69) is 10.1 Å². The molecule has 140 valence electrons. The van der Waals surface area contributed by atoms with Crippen molar-refractivity contribution in [1.29, 1.82) is 0 Å². The van der Waals surface area contributed by atoms with Crippen molar-refractivity contribution in [2.75, 3.05) is 18.9 Å². The normalized spacial score (nSPS) is 12.0. The lowest BCUT2D eigenvalue weighted by Crippen LogP contribution is -2.34. The minimum atomic E-state index is -2.96. The maximum Gasteiger partial charge on any atom is 0.387 e. The molecule has 0 aliphatic carbocycles. The molecule has 2 aromatic rings. The first-order valence-electron chi connectivity index (χ1n) is 7.77. The van der Waals surface area contributed by atoms with Gasteiger partial charge in [-0.3, -0.25) is 4.79 Å². The summed E-state index contributed by atoms with van der Waals surface area (Å²) in [6, 6.07) is 9.87. The lowest BCUT2D eigenvalue weighted by atomic mass is 10.1. The third kappa shape index (κ3) is 5.29. The number of carbonyl (C=O) groups excluding carboxylic acids is 1. The number of benzene rings is 2. The highest BCUT2D eigenvalue weighted by Gasteiger charge is 2.17. The smallest absolute Gasteiger partial charge is 0.387 e. The molecule has 0 saturated carbocycles. The van der Waals surface area contributed by atoms with E-state index in [4.69, 9.17) is 11.6 Å². The lowest BCUT2D eigenvalue weighted by molar-refractivity contribution is -0.129. The SMILES string of the molecule is C[C@H](c1ccc(F)cc1)N(C)C(=O)CNc1ccc(OC(F)F)c(Cl)c1. The maximum atomic E-state index is 13.0. The number of ether oxygens (including phenoxy) is 1. The van der Waals surface area contributed by atoms with Gasteiger partial charge in [-0.05, 0) is 42.8 Å². The number of hydrogen-bond acceptors (Lipinski definition) is 3. The first-order chi connectivity index (χ1) is 12.3. The summed E-state index contributed by atoms with van der Waals surface area (Å²) in [4.78, 5) is 13.9. The van der Waals surface area contributed by atoms with Gasteiger partial charge in [-0.2, -0.15) is 8.78 Å². The Balaban J connectivity index is 1.95. The molecule has 1 atom stereocenters. The highest BCUT2D eigenvalue weighted by molar-refractivity contribution is 6.32. The number of amides is 1. The number of nitrogens with zero attached hydrogens (tertiary/aromatic N) is 1. The molecule has 0 aliphatic heterocycles. The van der Waals surface area contributed by atoms with Crippen molar-refractivity contribution in [2.45, 2.75) is 19.6 Å². The van der Waals surface area contributed by atoms with E-state index in [1.807, 2.05) is 6.92 Å². The topological polar surface area (TPSA) is 41.6 Å². The summed E-state index contributed by atoms with van der Waals surface area (Å²) in [6.45, 7) is -1.15. The summed E-state index contributed by atoms with van der Waals surface area (Å²) in [7, 11) is 1.64. The van der Waals surface area contributed by atoms with Crippen molar-refractivity contribution in [3.05, 3.63) is 58.9 Å². The summed E-state index contributed by atoms with van der Waals surface area (Å²) in [5.74, 6) is -0.681. The Morgan fingerprint density at radius 1 is 1.23 bits per heavy atom. The number of hydrogen-bond donors (Lipinski definition) is 1. The first-order valence-corrected chi connectivity index (χ1v) is 8.15. The maximum absolute atomic E-state index is 13.0. The van der Waals surface area contributed by atoms with Gasteiger partial charge in [0.25, 0.3) is 0 Å². The van der Waals surface area contributed by atoms with Gasteiger partial charge in [-0.1, -0.05) is 23.7 Å². The molecule has 0 fully saturated rings. The van der Waals surface area contributed by atoms with Gasteiger partial charge in [-0.15, -0.1) is 0 Å². The molecule has 4 nitrogen and oxygen atoms in total. The minimum absolute atomic E-state index is 0.00999. The van der Waals surface area contributed by atoms with Crippen molar-refractivity contribution in [3.8, 4) is 5.75 Å². The summed E-state index contributed by atoms with van der Waals surface area (Å²) in [6.07, 6.45) is 0. The van der Waals surface area contributed by atoms with Crippen LogP contribution in [-0.2, 0) is 4.79 Å². The number of rotatable bonds is 7. The van der Waals surface area contributed by atoms with E-state index in [9.17, 15) is 18.0 Å². The van der Waals surface area contributed by atoms with Crippen molar-refractivity contribution >= 4 is 23.2 Å². The zero-order chi connectivity index (χ0) is 19.3. The Labute approximate surface area is 154 Å². The molecule has 2 aromatic carbocycles. The van der Waals surface area contributed by atoms with E-state index in [0.717, 1.165) is 5.56 Å². The number of alkyl halides is 2. The van der Waals surface area contributed by atoms with Gasteiger partial charge in [0.1, 0.15) is 11.6 Å². The fourth-order valence-corrected chi connectivity index (χ4v) is 2.51. The van der Waals surface area contributed by atoms with Crippen LogP contribution in [0.4, 0.5) is 18.9 Å². The van der Waals surface area contributed by atoms with Crippen LogP contribution < -0.4 is 10.1 Å². The van der Waals surface area contributed by atoms with Gasteiger partial charge >= 0.3 is 6.61 Å². The van der Waals surface area contributed by atoms with Crippen molar-refractivity contribution in [1.82, 2.24) is 4.90 Å². The fourth-order valence-electron chi connectivity index (χ4n) is 2.29. The van der Waals surface area contributed by atoms with E-state index in [1.165, 1.54) is 35.2 Å². The lowest BCUT2D eigenvalue weighted by Gasteiger charge is -2.25. The monoisotopic (exact) mass is 386 g/mol. The predicted octanol–water partition coefficient (Wildman–Crippen LogP) is 4.71. The zero-order valence-electron chi connectivity index (χ0n) is 14.2. The van der Waals surface area contributed by atoms with Crippen LogP contribution in [0.25, 0.3) is 0 Å². The molecule has 26 heavy (non-hydrogen) atoms. The van der Waals surface area contributed by atoms with Crippen molar-refractivity contribution in [3.63, 3.8) is 0 Å². The van der Waals surface area contributed by atoms with Gasteiger partial charge in [-0.25, -0.2) is 4.39 Å². The third-order valence-corrected chi connectivity index (χ3v) is 4.21. The van der Waals surface area contributed by atoms with Gasteiger partial charge in [0.15, 0.2) is 0 Å². The Morgan fingerprint density at radius 3 is 2.46 bits per heavy atom. The summed E-state index contributed by atoms with van der Waals surface area (Å²) < 4.78 is 41.7. The van der Waals surface area contributed by atoms with Gasteiger partial charge in [0.05, 0.1) is 17.6 Å². The van der Waals surface area contributed by atoms with Crippen molar-refractivity contribution < 1.29 is 22.7 Å². The summed E-state index contributed by atoms with van der Waals surface area (Å²) in [5, 5.41) is 2.89. The standard InChI is InChI=1S/C18H18ClF3N2O2/c1-11(12-3-5-13(20)6-4-12)24(2)17(25)10-23-14-7-8-16(15(19)9-14)26-18(21)22/h3-9,11,18,23H,10H2,1-2H3/t11-/m1/s1. The Bertz CT molecular complexity index is 757. The number of anilines is 1. The van der Waals surface area contributed by atoms with E-state index in [1.54, 1.807) is 19.2 Å². The Morgan fingerprint density at radius 2 is 1.88 bits per heavy atom. The largest absolute Gasteiger partial charge is 0.433 e. The van der Waals surface area contributed by atoms with E-state index < -0.39 is 6.61 Å². The molecular formula is C18H18ClF3N2O2. The molecule has 0 saturated heterocycles. The highest BCUT2D eigenvalue weighted by Crippen LogP contribution is 2.29. The summed E-state index contributed by atoms with van der Waals surface area (Å²) >= 11 is 5.87. The number of halogens is 4. The van der Waals surface area contributed by atoms with Gasteiger partial charge in [0, 0.05) is 12.7 Å². The molecule has 1 N–H and O–H groups in total. The minimum Gasteiger partial charge on any atom is -0.433 e. The molecule has 0 unspecified atom stereocenters. The fraction of sp³-hybridized carbons (Fsp3) is 0.278. The number of likely N-dealkylation sites (N-methyl/N-ethyl adjacent to an activating group) is 1. The molecule has 0 aliphatic rings. The predicted molar refractivity (Wildman–Crippen MR) is 94.2 cm³/mol. The van der Waals surface area contributed by atoms with Crippen LogP contribution in [0.3, 0.4) is 0 Å². The van der Waals surface area contributed by atoms with Crippen LogP contribution in [0, 0.1) is 5.82 Å². The second kappa shape index (κ2) is 8.80. The zero-order valence-corrected chi connectivity index (χ0v) is 14.9. The second-order valence-corrected chi connectivity index (χ2v) is 6.02. The molecular weight excluding hydrogens is 369 g/mol. The van der Waals surface area contributed by atoms with Crippen LogP contribution in [0.15, 0.2) is 42.5 Å². The quantitative estimate of drug-likeness (QED) is 0.749. The molecule has 0 radical (unpaired) electrons. The highest BCUT2D eigenvalue weighted by atomic mass is 35.5. The van der Waals surface area contributed by atoms with Crippen LogP contribution in [0.2, 0.25) is 5.02 Å². The Hall–Kier alpha value is -2.41. The number of carbonyl (C=O) groups is 1. The van der Waals surface area contributed by atoms with Crippen LogP contribution >= 0.6 is 11.6 Å². The van der Waals surface area contributed by atoms with E-state index in [0.29, 0.717) is 5.69 Å². The van der Waals surface area contributed by atoms with Gasteiger partial charge in [0.2, 0.25) is 5.91 Å². The molecule has 0 aromatic heterocycles. The second-order valence-electron chi connectivity index (χ2n) is 5.61. The average Bonchev–Trinajstić information content (AvgIpc) is 2.60. The molecule has 0 bridgehead atoms. The van der Waals surface area contributed by atoms with E-state index in [-0.39, 0.29) is 35.1 Å². The molecule has 2 rings (SSSR count). The van der Waals surface area contributed by atoms with Crippen LogP contribution in [-0.4, -0.2) is 31.0 Å². The third-order valence-electron chi connectivity index (χ3n) is 3.92. The van der Waals surface area contributed by atoms with Crippen LogP contribution in [0.1, 0.15) is 18.5 Å². The number of nitrogens with one attached hydrogen (secondary N) is 1. The Kier molecular flexibility index (Phi) is 6.74. The average molecular weight is 387 g/mol. The molecule has 8 heteroatoms. The van der Waals surface area contributed by atoms with E-state index >= 15 is 0 Å². The van der Waals surface area contributed by atoms with Crippen molar-refractivity contribution in [2.24, 2.45) is 0 Å². The molecule has 1 amide bonds. The molecule has 0 heterocycles. The van der Waals surface area contributed by atoms with Crippen LogP contribution in [0.5, 0.6) is 5.75 Å². The molecule has 0 spiro atoms. The van der Waals surface area contributed by atoms with Gasteiger partial charge < -0.3 is 15.0 Å².